The maximum atomic E-state index is 6.24. The molecule has 19 heavy (non-hydrogen) atoms. The van der Waals surface area contributed by atoms with Crippen LogP contribution in [0.2, 0.25) is 0 Å². The smallest absolute Gasteiger partial charge is 0.124 e. The van der Waals surface area contributed by atoms with Crippen LogP contribution in [0.4, 0.5) is 0 Å². The molecule has 0 spiro atoms. The van der Waals surface area contributed by atoms with E-state index in [0.717, 1.165) is 13.0 Å². The molecule has 1 aliphatic heterocycles. The fraction of sp³-hybridized carbons (Fsp3) is 0.222. The van der Waals surface area contributed by atoms with Crippen LogP contribution in [0.3, 0.4) is 0 Å². The molecule has 1 nitrogen and oxygen atoms in total. The maximum Gasteiger partial charge on any atom is 0.124 e. The van der Waals surface area contributed by atoms with Gasteiger partial charge in [-0.05, 0) is 17.5 Å². The number of rotatable bonds is 3. The van der Waals surface area contributed by atoms with Gasteiger partial charge in [-0.2, -0.15) is 0 Å². The zero-order valence-electron chi connectivity index (χ0n) is 11.0. The molecule has 0 radical (unpaired) electrons. The van der Waals surface area contributed by atoms with Crippen LogP contribution in [0, 0.1) is 5.92 Å². The van der Waals surface area contributed by atoms with Crippen LogP contribution in [0.1, 0.15) is 17.5 Å². The fourth-order valence-electron chi connectivity index (χ4n) is 3.07. The second-order valence-corrected chi connectivity index (χ2v) is 4.95. The third-order valence-electron chi connectivity index (χ3n) is 3.97. The summed E-state index contributed by atoms with van der Waals surface area (Å²) in [6.45, 7) is 4.79. The molecule has 1 unspecified atom stereocenters. The second kappa shape index (κ2) is 5.02. The largest absolute Gasteiger partial charge is 0.365 e. The lowest BCUT2D eigenvalue weighted by atomic mass is 9.76. The Bertz CT molecular complexity index is 505. The summed E-state index contributed by atoms with van der Waals surface area (Å²) in [5.41, 5.74) is 2.05. The van der Waals surface area contributed by atoms with Gasteiger partial charge in [-0.3, -0.25) is 0 Å². The van der Waals surface area contributed by atoms with Crippen LogP contribution >= 0.6 is 0 Å². The third kappa shape index (κ3) is 1.91. The number of hydrogen-bond donors (Lipinski definition) is 0. The summed E-state index contributed by atoms with van der Waals surface area (Å²) in [6, 6.07) is 21.0. The van der Waals surface area contributed by atoms with Crippen molar-refractivity contribution in [1.29, 1.82) is 0 Å². The Morgan fingerprint density at radius 3 is 1.95 bits per heavy atom. The molecule has 2 aromatic carbocycles. The lowest BCUT2D eigenvalue weighted by Crippen LogP contribution is -2.32. The molecule has 3 rings (SSSR count). The van der Waals surface area contributed by atoms with Crippen LogP contribution in [0.15, 0.2) is 73.3 Å². The van der Waals surface area contributed by atoms with Crippen LogP contribution in [0.25, 0.3) is 0 Å². The van der Waals surface area contributed by atoms with Gasteiger partial charge in [-0.1, -0.05) is 66.7 Å². The first-order valence-corrected chi connectivity index (χ1v) is 6.75. The Labute approximate surface area is 114 Å². The van der Waals surface area contributed by atoms with Gasteiger partial charge < -0.3 is 4.74 Å². The van der Waals surface area contributed by atoms with Gasteiger partial charge in [0.15, 0.2) is 0 Å². The monoisotopic (exact) mass is 250 g/mol. The summed E-state index contributed by atoms with van der Waals surface area (Å²) >= 11 is 0. The lowest BCUT2D eigenvalue weighted by Gasteiger charge is -2.34. The lowest BCUT2D eigenvalue weighted by molar-refractivity contribution is 0.0202. The highest BCUT2D eigenvalue weighted by atomic mass is 16.5. The summed E-state index contributed by atoms with van der Waals surface area (Å²) in [5.74, 6) is 0.317. The van der Waals surface area contributed by atoms with Crippen LogP contribution < -0.4 is 0 Å². The van der Waals surface area contributed by atoms with Gasteiger partial charge in [0.2, 0.25) is 0 Å². The average molecular weight is 250 g/mol. The van der Waals surface area contributed by atoms with E-state index in [-0.39, 0.29) is 5.60 Å². The van der Waals surface area contributed by atoms with Gasteiger partial charge >= 0.3 is 0 Å². The van der Waals surface area contributed by atoms with Gasteiger partial charge in [0.25, 0.3) is 0 Å². The molecule has 0 N–H and O–H groups in total. The summed E-state index contributed by atoms with van der Waals surface area (Å²) in [4.78, 5) is 0. The van der Waals surface area contributed by atoms with Crippen molar-refractivity contribution >= 4 is 0 Å². The van der Waals surface area contributed by atoms with E-state index >= 15 is 0 Å². The van der Waals surface area contributed by atoms with E-state index in [2.05, 4.69) is 55.1 Å². The molecule has 1 fully saturated rings. The van der Waals surface area contributed by atoms with E-state index < -0.39 is 0 Å². The van der Waals surface area contributed by atoms with E-state index in [1.165, 1.54) is 11.1 Å². The van der Waals surface area contributed by atoms with Crippen molar-refractivity contribution in [1.82, 2.24) is 0 Å². The normalized spacial score (nSPS) is 21.2. The van der Waals surface area contributed by atoms with Crippen molar-refractivity contribution < 1.29 is 4.74 Å². The van der Waals surface area contributed by atoms with Crippen molar-refractivity contribution in [2.24, 2.45) is 5.92 Å². The summed E-state index contributed by atoms with van der Waals surface area (Å²) in [5, 5.41) is 0. The van der Waals surface area contributed by atoms with Gasteiger partial charge in [0.1, 0.15) is 5.60 Å². The third-order valence-corrected chi connectivity index (χ3v) is 3.97. The molecular weight excluding hydrogens is 232 g/mol. The molecule has 0 aromatic heterocycles. The van der Waals surface area contributed by atoms with Crippen molar-refractivity contribution in [3.05, 3.63) is 84.4 Å². The van der Waals surface area contributed by atoms with Crippen LogP contribution in [-0.2, 0) is 10.3 Å². The highest BCUT2D eigenvalue weighted by molar-refractivity contribution is 5.39. The molecule has 1 saturated heterocycles. The van der Waals surface area contributed by atoms with Gasteiger partial charge in [-0.15, -0.1) is 6.58 Å². The van der Waals surface area contributed by atoms with E-state index in [9.17, 15) is 0 Å². The summed E-state index contributed by atoms with van der Waals surface area (Å²) < 4.78 is 6.24. The predicted octanol–water partition coefficient (Wildman–Crippen LogP) is 4.15. The quantitative estimate of drug-likeness (QED) is 0.743. The van der Waals surface area contributed by atoms with E-state index in [1.807, 2.05) is 18.2 Å². The van der Waals surface area contributed by atoms with Gasteiger partial charge in [0.05, 0.1) is 0 Å². The number of hydrogen-bond acceptors (Lipinski definition) is 1. The second-order valence-electron chi connectivity index (χ2n) is 4.95. The molecular formula is C18H18O. The van der Waals surface area contributed by atoms with E-state index in [0.29, 0.717) is 5.92 Å². The summed E-state index contributed by atoms with van der Waals surface area (Å²) in [6.07, 6.45) is 3.06. The van der Waals surface area contributed by atoms with E-state index in [1.54, 1.807) is 0 Å². The molecule has 1 atom stereocenters. The van der Waals surface area contributed by atoms with Crippen LogP contribution in [-0.4, -0.2) is 6.61 Å². The van der Waals surface area contributed by atoms with Gasteiger partial charge in [0, 0.05) is 12.5 Å². The van der Waals surface area contributed by atoms with Crippen LogP contribution in [0.5, 0.6) is 0 Å². The highest BCUT2D eigenvalue weighted by Crippen LogP contribution is 2.46. The Hall–Kier alpha value is -1.86. The topological polar surface area (TPSA) is 9.23 Å². The van der Waals surface area contributed by atoms with Crippen molar-refractivity contribution in [3.8, 4) is 0 Å². The summed E-state index contributed by atoms with van der Waals surface area (Å²) in [7, 11) is 0. The molecule has 2 aromatic rings. The average Bonchev–Trinajstić information content (AvgIpc) is 2.94. The van der Waals surface area contributed by atoms with Crippen molar-refractivity contribution in [2.45, 2.75) is 12.0 Å². The minimum Gasteiger partial charge on any atom is -0.365 e. The Morgan fingerprint density at radius 2 is 1.47 bits per heavy atom. The Balaban J connectivity index is 2.19. The first-order valence-electron chi connectivity index (χ1n) is 6.75. The minimum atomic E-state index is -0.371. The molecule has 96 valence electrons. The first-order chi connectivity index (χ1) is 9.38. The number of benzene rings is 2. The fourth-order valence-corrected chi connectivity index (χ4v) is 3.07. The Morgan fingerprint density at radius 1 is 0.947 bits per heavy atom. The first kappa shape index (κ1) is 12.2. The zero-order valence-corrected chi connectivity index (χ0v) is 11.0. The molecule has 1 heteroatoms. The number of ether oxygens (including phenoxy) is 1. The Kier molecular flexibility index (Phi) is 3.22. The maximum absolute atomic E-state index is 6.24. The standard InChI is InChI=1S/C18H18O/c1-2-15-13-14-19-18(15,16-9-5-3-6-10-16)17-11-7-4-8-12-17/h2-12,15H,1,13-14H2. The molecule has 0 amide bonds. The zero-order chi connectivity index (χ0) is 13.1. The highest BCUT2D eigenvalue weighted by Gasteiger charge is 2.45. The van der Waals surface area contributed by atoms with Crippen molar-refractivity contribution in [3.63, 3.8) is 0 Å². The molecule has 0 bridgehead atoms. The van der Waals surface area contributed by atoms with E-state index in [4.69, 9.17) is 4.74 Å². The van der Waals surface area contributed by atoms with Gasteiger partial charge in [-0.25, -0.2) is 0 Å². The predicted molar refractivity (Wildman–Crippen MR) is 77.9 cm³/mol. The minimum absolute atomic E-state index is 0.317. The molecule has 1 heterocycles. The SMILES string of the molecule is C=CC1CCOC1(c1ccccc1)c1ccccc1. The molecule has 0 aliphatic carbocycles. The molecule has 0 saturated carbocycles. The van der Waals surface area contributed by atoms with Crippen molar-refractivity contribution in [2.75, 3.05) is 6.61 Å². The molecule has 1 aliphatic rings.